The third-order valence-electron chi connectivity index (χ3n) is 3.74. The Balaban J connectivity index is 1.69. The van der Waals surface area contributed by atoms with Crippen LogP contribution in [0.25, 0.3) is 22.2 Å². The maximum Gasteiger partial charge on any atom is 0.132 e. The third-order valence-corrected chi connectivity index (χ3v) is 3.74. The van der Waals surface area contributed by atoms with E-state index in [4.69, 9.17) is 0 Å². The van der Waals surface area contributed by atoms with Gasteiger partial charge in [0.25, 0.3) is 0 Å². The quantitative estimate of drug-likeness (QED) is 0.530. The van der Waals surface area contributed by atoms with Gasteiger partial charge in [-0.1, -0.05) is 18.2 Å². The molecule has 114 valence electrons. The Kier molecular flexibility index (Phi) is 3.27. The number of aromatic amines is 2. The van der Waals surface area contributed by atoms with E-state index in [2.05, 4.69) is 25.5 Å². The molecule has 23 heavy (non-hydrogen) atoms. The second kappa shape index (κ2) is 5.57. The Labute approximate surface area is 131 Å². The van der Waals surface area contributed by atoms with Gasteiger partial charge in [0, 0.05) is 46.4 Å². The average Bonchev–Trinajstić information content (AvgIpc) is 3.24. The molecule has 4 rings (SSSR count). The summed E-state index contributed by atoms with van der Waals surface area (Å²) in [6, 6.07) is 11.2. The van der Waals surface area contributed by atoms with Gasteiger partial charge in [-0.05, 0) is 12.1 Å². The van der Waals surface area contributed by atoms with Gasteiger partial charge in [-0.3, -0.25) is 5.10 Å². The first-order valence-corrected chi connectivity index (χ1v) is 7.22. The van der Waals surface area contributed by atoms with Crippen molar-refractivity contribution in [1.82, 2.24) is 20.2 Å². The molecule has 0 bridgehead atoms. The lowest BCUT2D eigenvalue weighted by Gasteiger charge is -2.09. The minimum atomic E-state index is -0.515. The van der Waals surface area contributed by atoms with Crippen LogP contribution in [-0.4, -0.2) is 20.2 Å². The summed E-state index contributed by atoms with van der Waals surface area (Å²) >= 11 is 0. The number of hydrogen-bond acceptors (Lipinski definition) is 3. The molecule has 4 aromatic rings. The van der Waals surface area contributed by atoms with Crippen LogP contribution in [0, 0.1) is 0 Å². The molecule has 1 aromatic carbocycles. The fourth-order valence-electron chi connectivity index (χ4n) is 2.54. The molecule has 0 radical (unpaired) electrons. The van der Waals surface area contributed by atoms with Gasteiger partial charge in [0.05, 0.1) is 11.7 Å². The summed E-state index contributed by atoms with van der Waals surface area (Å²) in [6.45, 7) is -0.515. The number of halogens is 1. The van der Waals surface area contributed by atoms with Crippen LogP contribution >= 0.6 is 0 Å². The minimum absolute atomic E-state index is 0.515. The van der Waals surface area contributed by atoms with Crippen LogP contribution in [0.3, 0.4) is 0 Å². The van der Waals surface area contributed by atoms with E-state index in [0.29, 0.717) is 11.4 Å². The normalized spacial score (nSPS) is 11.0. The van der Waals surface area contributed by atoms with Crippen molar-refractivity contribution in [2.45, 2.75) is 6.67 Å². The molecule has 5 nitrogen and oxygen atoms in total. The maximum absolute atomic E-state index is 13.0. The number of benzene rings is 1. The highest BCUT2D eigenvalue weighted by Gasteiger charge is 2.07. The second-order valence-corrected chi connectivity index (χ2v) is 5.24. The standard InChI is InChI=1S/C17H14FN5/c18-7-11-3-1-2-4-14(11)23-17-6-16-12(8-19-17)5-15(22-16)13-9-20-21-10-13/h1-6,8-10,22H,7H2,(H,19,23)(H,20,21). The highest BCUT2D eigenvalue weighted by atomic mass is 19.1. The Hall–Kier alpha value is -3.15. The Bertz CT molecular complexity index is 943. The number of fused-ring (bicyclic) bond motifs is 1. The van der Waals surface area contributed by atoms with E-state index in [1.165, 1.54) is 0 Å². The van der Waals surface area contributed by atoms with Crippen molar-refractivity contribution < 1.29 is 4.39 Å². The van der Waals surface area contributed by atoms with E-state index in [0.717, 1.165) is 27.8 Å². The molecule has 3 aromatic heterocycles. The Morgan fingerprint density at radius 2 is 2.04 bits per heavy atom. The lowest BCUT2D eigenvalue weighted by molar-refractivity contribution is 0.486. The van der Waals surface area contributed by atoms with Crippen LogP contribution in [0.4, 0.5) is 15.9 Å². The maximum atomic E-state index is 13.0. The molecule has 3 N–H and O–H groups in total. The second-order valence-electron chi connectivity index (χ2n) is 5.24. The van der Waals surface area contributed by atoms with Gasteiger partial charge in [-0.2, -0.15) is 5.10 Å². The van der Waals surface area contributed by atoms with Crippen molar-refractivity contribution in [3.05, 3.63) is 60.6 Å². The lowest BCUT2D eigenvalue weighted by atomic mass is 10.2. The minimum Gasteiger partial charge on any atom is -0.354 e. The van der Waals surface area contributed by atoms with Crippen LogP contribution in [0.1, 0.15) is 5.56 Å². The van der Waals surface area contributed by atoms with Crippen molar-refractivity contribution in [3.63, 3.8) is 0 Å². The van der Waals surface area contributed by atoms with E-state index in [9.17, 15) is 4.39 Å². The van der Waals surface area contributed by atoms with Gasteiger partial charge < -0.3 is 10.3 Å². The van der Waals surface area contributed by atoms with Gasteiger partial charge in [0.15, 0.2) is 0 Å². The lowest BCUT2D eigenvalue weighted by Crippen LogP contribution is -1.96. The smallest absolute Gasteiger partial charge is 0.132 e. The summed E-state index contributed by atoms with van der Waals surface area (Å²) in [5, 5.41) is 10.9. The fourth-order valence-corrected chi connectivity index (χ4v) is 2.54. The summed E-state index contributed by atoms with van der Waals surface area (Å²) < 4.78 is 13.0. The zero-order valence-corrected chi connectivity index (χ0v) is 12.2. The molecule has 0 unspecified atom stereocenters. The molecular weight excluding hydrogens is 293 g/mol. The highest BCUT2D eigenvalue weighted by molar-refractivity contribution is 5.87. The predicted molar refractivity (Wildman–Crippen MR) is 88.2 cm³/mol. The largest absolute Gasteiger partial charge is 0.354 e. The number of pyridine rings is 1. The Morgan fingerprint density at radius 1 is 1.13 bits per heavy atom. The average molecular weight is 307 g/mol. The fraction of sp³-hybridized carbons (Fsp3) is 0.0588. The summed E-state index contributed by atoms with van der Waals surface area (Å²) in [4.78, 5) is 7.73. The number of aromatic nitrogens is 4. The van der Waals surface area contributed by atoms with Gasteiger partial charge >= 0.3 is 0 Å². The molecular formula is C17H14FN5. The van der Waals surface area contributed by atoms with Crippen molar-refractivity contribution in [1.29, 1.82) is 0 Å². The molecule has 0 saturated carbocycles. The topological polar surface area (TPSA) is 69.4 Å². The molecule has 0 aliphatic carbocycles. The van der Waals surface area contributed by atoms with Crippen molar-refractivity contribution in [3.8, 4) is 11.3 Å². The molecule has 3 heterocycles. The van der Waals surface area contributed by atoms with Gasteiger partial charge in [0.1, 0.15) is 12.5 Å². The van der Waals surface area contributed by atoms with Crippen LogP contribution in [0.2, 0.25) is 0 Å². The number of anilines is 2. The van der Waals surface area contributed by atoms with E-state index in [-0.39, 0.29) is 0 Å². The number of hydrogen-bond donors (Lipinski definition) is 3. The van der Waals surface area contributed by atoms with Crippen LogP contribution < -0.4 is 5.32 Å². The van der Waals surface area contributed by atoms with Crippen molar-refractivity contribution in [2.75, 3.05) is 5.32 Å². The molecule has 0 fully saturated rings. The number of nitrogens with zero attached hydrogens (tertiary/aromatic N) is 2. The van der Waals surface area contributed by atoms with E-state index < -0.39 is 6.67 Å². The zero-order chi connectivity index (χ0) is 15.6. The summed E-state index contributed by atoms with van der Waals surface area (Å²) in [5.74, 6) is 0.666. The highest BCUT2D eigenvalue weighted by Crippen LogP contribution is 2.26. The van der Waals surface area contributed by atoms with Gasteiger partial charge in [0.2, 0.25) is 0 Å². The number of H-pyrrole nitrogens is 2. The SMILES string of the molecule is FCc1ccccc1Nc1cc2[nH]c(-c3cn[nH]c3)cc2cn1. The van der Waals surface area contributed by atoms with Gasteiger partial charge in [-0.15, -0.1) is 0 Å². The molecule has 0 aliphatic heterocycles. The number of alkyl halides is 1. The monoisotopic (exact) mass is 307 g/mol. The first-order valence-electron chi connectivity index (χ1n) is 7.22. The third kappa shape index (κ3) is 2.55. The van der Waals surface area contributed by atoms with E-state index >= 15 is 0 Å². The molecule has 0 atom stereocenters. The van der Waals surface area contributed by atoms with Crippen LogP contribution in [-0.2, 0) is 6.67 Å². The van der Waals surface area contributed by atoms with E-state index in [1.807, 2.05) is 36.5 Å². The first-order chi connectivity index (χ1) is 11.3. The predicted octanol–water partition coefficient (Wildman–Crippen LogP) is 4.17. The molecule has 0 spiro atoms. The first kappa shape index (κ1) is 13.5. The summed E-state index contributed by atoms with van der Waals surface area (Å²) in [5.41, 5.74) is 4.25. The molecule has 6 heteroatoms. The number of para-hydroxylation sites is 1. The van der Waals surface area contributed by atoms with Gasteiger partial charge in [-0.25, -0.2) is 9.37 Å². The summed E-state index contributed by atoms with van der Waals surface area (Å²) in [6.07, 6.45) is 5.37. The van der Waals surface area contributed by atoms with Crippen molar-refractivity contribution in [2.24, 2.45) is 0 Å². The molecule has 0 saturated heterocycles. The van der Waals surface area contributed by atoms with Crippen molar-refractivity contribution >= 4 is 22.4 Å². The van der Waals surface area contributed by atoms with Crippen LogP contribution in [0.15, 0.2) is 55.0 Å². The van der Waals surface area contributed by atoms with E-state index in [1.54, 1.807) is 18.5 Å². The number of nitrogens with one attached hydrogen (secondary N) is 3. The molecule has 0 amide bonds. The van der Waals surface area contributed by atoms with Crippen LogP contribution in [0.5, 0.6) is 0 Å². The Morgan fingerprint density at radius 3 is 2.87 bits per heavy atom. The zero-order valence-electron chi connectivity index (χ0n) is 12.2. The summed E-state index contributed by atoms with van der Waals surface area (Å²) in [7, 11) is 0. The molecule has 0 aliphatic rings. The number of rotatable bonds is 4.